The predicted octanol–water partition coefficient (Wildman–Crippen LogP) is 2.42. The normalized spacial score (nSPS) is 17.3. The number of ether oxygens (including phenoxy) is 1. The maximum absolute atomic E-state index is 11.9. The van der Waals surface area contributed by atoms with Gasteiger partial charge in [-0.15, -0.1) is 0 Å². The maximum atomic E-state index is 11.9. The predicted molar refractivity (Wildman–Crippen MR) is 87.8 cm³/mol. The van der Waals surface area contributed by atoms with E-state index in [0.29, 0.717) is 0 Å². The molecule has 23 heavy (non-hydrogen) atoms. The molecule has 0 radical (unpaired) electrons. The molecule has 1 aromatic heterocycles. The fourth-order valence-electron chi connectivity index (χ4n) is 3.10. The van der Waals surface area contributed by atoms with Crippen LogP contribution in [0.3, 0.4) is 0 Å². The van der Waals surface area contributed by atoms with Crippen LogP contribution in [0, 0.1) is 0 Å². The van der Waals surface area contributed by atoms with E-state index in [-0.39, 0.29) is 17.9 Å². The van der Waals surface area contributed by atoms with Gasteiger partial charge in [0, 0.05) is 25.2 Å². The van der Waals surface area contributed by atoms with Crippen LogP contribution in [-0.2, 0) is 4.79 Å². The molecule has 6 nitrogen and oxygen atoms in total. The van der Waals surface area contributed by atoms with Crippen molar-refractivity contribution in [3.8, 4) is 16.9 Å². The Bertz CT molecular complexity index is 732. The van der Waals surface area contributed by atoms with E-state index in [0.717, 1.165) is 42.0 Å². The second-order valence-corrected chi connectivity index (χ2v) is 5.63. The van der Waals surface area contributed by atoms with Gasteiger partial charge in [0.1, 0.15) is 5.75 Å². The quantitative estimate of drug-likeness (QED) is 0.941. The van der Waals surface area contributed by atoms with Crippen molar-refractivity contribution in [2.75, 3.05) is 19.4 Å². The molecule has 2 heterocycles. The Hall–Kier alpha value is -2.63. The average molecular weight is 312 g/mol. The number of carbonyl (C=O) groups excluding carboxylic acids is 1. The number of nitrogens with two attached hydrogens (primary N) is 1. The van der Waals surface area contributed by atoms with E-state index in [4.69, 9.17) is 10.5 Å². The monoisotopic (exact) mass is 312 g/mol. The van der Waals surface area contributed by atoms with Crippen molar-refractivity contribution in [2.24, 2.45) is 0 Å². The summed E-state index contributed by atoms with van der Waals surface area (Å²) in [4.78, 5) is 22.3. The van der Waals surface area contributed by atoms with Gasteiger partial charge in [0.2, 0.25) is 11.9 Å². The van der Waals surface area contributed by atoms with E-state index >= 15 is 0 Å². The van der Waals surface area contributed by atoms with Crippen LogP contribution in [0.25, 0.3) is 11.1 Å². The number of nitrogen functional groups attached to an aromatic ring is 1. The topological polar surface area (TPSA) is 81.3 Å². The molecule has 2 aromatic rings. The Kier molecular flexibility index (Phi) is 4.14. The van der Waals surface area contributed by atoms with Crippen LogP contribution in [0.5, 0.6) is 5.75 Å². The highest BCUT2D eigenvalue weighted by Crippen LogP contribution is 2.37. The summed E-state index contributed by atoms with van der Waals surface area (Å²) in [5.41, 5.74) is 8.44. The third-order valence-corrected chi connectivity index (χ3v) is 4.19. The lowest BCUT2D eigenvalue weighted by Gasteiger charge is -2.24. The average Bonchev–Trinajstić information content (AvgIpc) is 3.04. The fourth-order valence-corrected chi connectivity index (χ4v) is 3.10. The molecule has 3 rings (SSSR count). The van der Waals surface area contributed by atoms with Gasteiger partial charge in [0.15, 0.2) is 0 Å². The van der Waals surface area contributed by atoms with Crippen LogP contribution in [0.15, 0.2) is 30.5 Å². The zero-order chi connectivity index (χ0) is 16.4. The van der Waals surface area contributed by atoms with E-state index in [2.05, 4.69) is 9.97 Å². The molecule has 1 fully saturated rings. The molecule has 2 N–H and O–H groups in total. The lowest BCUT2D eigenvalue weighted by molar-refractivity contribution is -0.129. The van der Waals surface area contributed by atoms with Gasteiger partial charge in [0.05, 0.1) is 18.8 Å². The third-order valence-electron chi connectivity index (χ3n) is 4.19. The zero-order valence-electron chi connectivity index (χ0n) is 13.3. The molecule has 1 aliphatic rings. The van der Waals surface area contributed by atoms with Gasteiger partial charge >= 0.3 is 0 Å². The highest BCUT2D eigenvalue weighted by molar-refractivity contribution is 5.75. The van der Waals surface area contributed by atoms with Crippen molar-refractivity contribution in [1.82, 2.24) is 14.9 Å². The van der Waals surface area contributed by atoms with Crippen molar-refractivity contribution in [2.45, 2.75) is 25.8 Å². The van der Waals surface area contributed by atoms with Crippen molar-refractivity contribution in [1.29, 1.82) is 0 Å². The molecular weight excluding hydrogens is 292 g/mol. The first-order valence-corrected chi connectivity index (χ1v) is 7.64. The number of methoxy groups -OCH3 is 1. The van der Waals surface area contributed by atoms with Gasteiger partial charge < -0.3 is 15.4 Å². The molecule has 1 amide bonds. The molecular formula is C17H20N4O2. The molecule has 120 valence electrons. The van der Waals surface area contributed by atoms with Crippen LogP contribution in [-0.4, -0.2) is 34.4 Å². The number of anilines is 1. The van der Waals surface area contributed by atoms with Gasteiger partial charge in [0.25, 0.3) is 0 Å². The third kappa shape index (κ3) is 2.97. The molecule has 1 saturated heterocycles. The summed E-state index contributed by atoms with van der Waals surface area (Å²) in [6, 6.07) is 7.67. The van der Waals surface area contributed by atoms with Crippen LogP contribution in [0.2, 0.25) is 0 Å². The summed E-state index contributed by atoms with van der Waals surface area (Å²) < 4.78 is 5.29. The molecule has 0 saturated carbocycles. The largest absolute Gasteiger partial charge is 0.497 e. The minimum absolute atomic E-state index is 0.0565. The summed E-state index contributed by atoms with van der Waals surface area (Å²) in [6.07, 6.45) is 3.57. The van der Waals surface area contributed by atoms with E-state index < -0.39 is 0 Å². The fraction of sp³-hybridized carbons (Fsp3) is 0.353. The first-order chi connectivity index (χ1) is 11.1. The van der Waals surface area contributed by atoms with Crippen molar-refractivity contribution < 1.29 is 9.53 Å². The van der Waals surface area contributed by atoms with Crippen LogP contribution < -0.4 is 10.5 Å². The van der Waals surface area contributed by atoms with Gasteiger partial charge in [-0.05, 0) is 30.5 Å². The second kappa shape index (κ2) is 6.24. The van der Waals surface area contributed by atoms with Gasteiger partial charge in [-0.2, -0.15) is 0 Å². The Morgan fingerprint density at radius 2 is 2.26 bits per heavy atom. The molecule has 0 spiro atoms. The number of benzene rings is 1. The van der Waals surface area contributed by atoms with E-state index in [9.17, 15) is 4.79 Å². The van der Waals surface area contributed by atoms with Crippen LogP contribution in [0.1, 0.15) is 31.5 Å². The minimum atomic E-state index is -0.0565. The summed E-state index contributed by atoms with van der Waals surface area (Å²) in [7, 11) is 1.63. The number of hydrogen-bond donors (Lipinski definition) is 1. The standard InChI is InChI=1S/C17H20N4O2/c1-11(22)21-8-4-7-15(21)16-14(10-19-17(18)20-16)12-5-3-6-13(9-12)23-2/h3,5-6,9-10,15H,4,7-8H2,1-2H3,(H2,18,19,20)/t15-/m0/s1. The molecule has 0 unspecified atom stereocenters. The molecule has 0 aliphatic carbocycles. The highest BCUT2D eigenvalue weighted by atomic mass is 16.5. The van der Waals surface area contributed by atoms with Crippen molar-refractivity contribution >= 4 is 11.9 Å². The van der Waals surface area contributed by atoms with Gasteiger partial charge in [-0.1, -0.05) is 12.1 Å². The SMILES string of the molecule is COc1cccc(-c2cnc(N)nc2[C@@H]2CCCN2C(C)=O)c1. The molecule has 1 aliphatic heterocycles. The first-order valence-electron chi connectivity index (χ1n) is 7.64. The van der Waals surface area contributed by atoms with E-state index in [1.165, 1.54) is 0 Å². The summed E-state index contributed by atoms with van der Waals surface area (Å²) in [5.74, 6) is 1.04. The first kappa shape index (κ1) is 15.3. The molecule has 1 aromatic carbocycles. The zero-order valence-corrected chi connectivity index (χ0v) is 13.3. The maximum Gasteiger partial charge on any atom is 0.220 e. The Labute approximate surface area is 135 Å². The lowest BCUT2D eigenvalue weighted by atomic mass is 9.99. The summed E-state index contributed by atoms with van der Waals surface area (Å²) >= 11 is 0. The molecule has 1 atom stereocenters. The summed E-state index contributed by atoms with van der Waals surface area (Å²) in [5, 5.41) is 0. The van der Waals surface area contributed by atoms with Gasteiger partial charge in [-0.25, -0.2) is 9.97 Å². The number of hydrogen-bond acceptors (Lipinski definition) is 5. The Balaban J connectivity index is 2.09. The lowest BCUT2D eigenvalue weighted by Crippen LogP contribution is -2.29. The van der Waals surface area contributed by atoms with E-state index in [1.54, 1.807) is 20.2 Å². The second-order valence-electron chi connectivity index (χ2n) is 5.63. The number of nitrogens with zero attached hydrogens (tertiary/aromatic N) is 3. The number of likely N-dealkylation sites (tertiary alicyclic amines) is 1. The number of rotatable bonds is 3. The number of amides is 1. The Morgan fingerprint density at radius 1 is 1.43 bits per heavy atom. The smallest absolute Gasteiger partial charge is 0.220 e. The molecule has 0 bridgehead atoms. The van der Waals surface area contributed by atoms with Gasteiger partial charge in [-0.3, -0.25) is 4.79 Å². The van der Waals surface area contributed by atoms with Crippen molar-refractivity contribution in [3.05, 3.63) is 36.2 Å². The van der Waals surface area contributed by atoms with Crippen LogP contribution in [0.4, 0.5) is 5.95 Å². The minimum Gasteiger partial charge on any atom is -0.497 e. The summed E-state index contributed by atoms with van der Waals surface area (Å²) in [6.45, 7) is 2.34. The Morgan fingerprint density at radius 3 is 3.00 bits per heavy atom. The number of aromatic nitrogens is 2. The van der Waals surface area contributed by atoms with Crippen molar-refractivity contribution in [3.63, 3.8) is 0 Å². The molecule has 6 heteroatoms. The highest BCUT2D eigenvalue weighted by Gasteiger charge is 2.31. The number of carbonyl (C=O) groups is 1. The van der Waals surface area contributed by atoms with E-state index in [1.807, 2.05) is 29.2 Å². The van der Waals surface area contributed by atoms with Crippen LogP contribution >= 0.6 is 0 Å².